The van der Waals surface area contributed by atoms with Gasteiger partial charge in [-0.25, -0.2) is 0 Å². The number of rotatable bonds is 3. The number of nitrogens with zero attached hydrogens (tertiary/aromatic N) is 2. The van der Waals surface area contributed by atoms with Crippen LogP contribution in [-0.2, 0) is 11.3 Å². The number of aromatic nitrogens is 2. The molecule has 2 aromatic rings. The lowest BCUT2D eigenvalue weighted by Crippen LogP contribution is -2.07. The van der Waals surface area contributed by atoms with Gasteiger partial charge in [-0.15, -0.1) is 0 Å². The summed E-state index contributed by atoms with van der Waals surface area (Å²) in [6.07, 6.45) is 0.105. The van der Waals surface area contributed by atoms with Crippen LogP contribution in [0, 0.1) is 13.8 Å². The Morgan fingerprint density at radius 2 is 2.19 bits per heavy atom. The molecule has 0 aliphatic heterocycles. The van der Waals surface area contributed by atoms with E-state index in [1.165, 1.54) is 5.56 Å². The predicted octanol–water partition coefficient (Wildman–Crippen LogP) is 2.13. The van der Waals surface area contributed by atoms with Crippen molar-refractivity contribution in [1.29, 1.82) is 0 Å². The molecule has 1 aromatic heterocycles. The van der Waals surface area contributed by atoms with E-state index in [0.717, 1.165) is 16.6 Å². The number of fused-ring (bicyclic) bond motifs is 1. The van der Waals surface area contributed by atoms with E-state index in [2.05, 4.69) is 11.2 Å². The van der Waals surface area contributed by atoms with Crippen molar-refractivity contribution >= 4 is 16.9 Å². The number of carbonyl (C=O) groups is 1. The summed E-state index contributed by atoms with van der Waals surface area (Å²) in [5.41, 5.74) is 3.14. The average Bonchev–Trinajstić information content (AvgIpc) is 2.53. The first-order valence-corrected chi connectivity index (χ1v) is 5.23. The Labute approximate surface area is 93.5 Å². The normalized spacial score (nSPS) is 10.9. The molecule has 84 valence electrons. The van der Waals surface area contributed by atoms with Gasteiger partial charge in [0.2, 0.25) is 0 Å². The lowest BCUT2D eigenvalue weighted by molar-refractivity contribution is -0.137. The fraction of sp³-hybridized carbons (Fsp3) is 0.333. The molecular weight excluding hydrogens is 204 g/mol. The van der Waals surface area contributed by atoms with Crippen molar-refractivity contribution in [2.45, 2.75) is 26.8 Å². The Hall–Kier alpha value is -1.84. The van der Waals surface area contributed by atoms with Gasteiger partial charge < -0.3 is 5.11 Å². The van der Waals surface area contributed by atoms with Gasteiger partial charge in [0.1, 0.15) is 0 Å². The van der Waals surface area contributed by atoms with Crippen LogP contribution in [-0.4, -0.2) is 20.9 Å². The van der Waals surface area contributed by atoms with Gasteiger partial charge in [-0.2, -0.15) is 5.10 Å². The topological polar surface area (TPSA) is 55.1 Å². The zero-order valence-electron chi connectivity index (χ0n) is 9.40. The third-order valence-electron chi connectivity index (χ3n) is 2.69. The highest BCUT2D eigenvalue weighted by atomic mass is 16.4. The Bertz CT molecular complexity index is 543. The molecule has 4 heteroatoms. The van der Waals surface area contributed by atoms with Gasteiger partial charge in [0.25, 0.3) is 0 Å². The highest BCUT2D eigenvalue weighted by Gasteiger charge is 2.08. The molecule has 1 aromatic carbocycles. The van der Waals surface area contributed by atoms with Gasteiger partial charge >= 0.3 is 5.97 Å². The van der Waals surface area contributed by atoms with Crippen molar-refractivity contribution in [2.24, 2.45) is 0 Å². The number of benzene rings is 1. The highest BCUT2D eigenvalue weighted by molar-refractivity contribution is 5.82. The summed E-state index contributed by atoms with van der Waals surface area (Å²) >= 11 is 0. The predicted molar refractivity (Wildman–Crippen MR) is 61.5 cm³/mol. The monoisotopic (exact) mass is 218 g/mol. The molecule has 0 bridgehead atoms. The van der Waals surface area contributed by atoms with E-state index >= 15 is 0 Å². The van der Waals surface area contributed by atoms with E-state index in [4.69, 9.17) is 5.11 Å². The van der Waals surface area contributed by atoms with Gasteiger partial charge in [-0.05, 0) is 26.0 Å². The molecule has 4 nitrogen and oxygen atoms in total. The average molecular weight is 218 g/mol. The first kappa shape index (κ1) is 10.7. The van der Waals surface area contributed by atoms with Crippen molar-refractivity contribution in [3.05, 3.63) is 29.5 Å². The van der Waals surface area contributed by atoms with Crippen LogP contribution in [0.1, 0.15) is 17.7 Å². The SMILES string of the molecule is Cc1ccc2nn(CCC(=O)O)c(C)c2c1. The molecule has 0 atom stereocenters. The molecule has 1 N–H and O–H groups in total. The van der Waals surface area contributed by atoms with E-state index in [-0.39, 0.29) is 6.42 Å². The van der Waals surface area contributed by atoms with Gasteiger partial charge in [0.05, 0.1) is 18.5 Å². The van der Waals surface area contributed by atoms with Crippen LogP contribution in [0.15, 0.2) is 18.2 Å². The van der Waals surface area contributed by atoms with Crippen LogP contribution in [0.4, 0.5) is 0 Å². The quantitative estimate of drug-likeness (QED) is 0.858. The number of aliphatic carboxylic acids is 1. The van der Waals surface area contributed by atoms with Crippen LogP contribution < -0.4 is 0 Å². The third-order valence-corrected chi connectivity index (χ3v) is 2.69. The molecule has 0 amide bonds. The van der Waals surface area contributed by atoms with Gasteiger partial charge in [-0.1, -0.05) is 11.6 Å². The molecule has 0 saturated heterocycles. The number of carboxylic acids is 1. The largest absolute Gasteiger partial charge is 0.481 e. The van der Waals surface area contributed by atoms with Crippen molar-refractivity contribution in [3.8, 4) is 0 Å². The maximum atomic E-state index is 10.5. The zero-order valence-corrected chi connectivity index (χ0v) is 9.40. The Morgan fingerprint density at radius 1 is 1.44 bits per heavy atom. The van der Waals surface area contributed by atoms with Crippen LogP contribution in [0.3, 0.4) is 0 Å². The van der Waals surface area contributed by atoms with Crippen LogP contribution in [0.2, 0.25) is 0 Å². The summed E-state index contributed by atoms with van der Waals surface area (Å²) in [4.78, 5) is 10.5. The lowest BCUT2D eigenvalue weighted by Gasteiger charge is -2.00. The minimum atomic E-state index is -0.796. The second kappa shape index (κ2) is 3.96. The molecular formula is C12H14N2O2. The Morgan fingerprint density at radius 3 is 2.88 bits per heavy atom. The summed E-state index contributed by atoms with van der Waals surface area (Å²) in [6.45, 7) is 4.43. The first-order chi connectivity index (χ1) is 7.58. The van der Waals surface area contributed by atoms with Crippen molar-refractivity contribution < 1.29 is 9.90 Å². The third kappa shape index (κ3) is 1.91. The molecule has 2 rings (SSSR count). The summed E-state index contributed by atoms with van der Waals surface area (Å²) in [7, 11) is 0. The molecule has 0 aliphatic rings. The standard InChI is InChI=1S/C12H14N2O2/c1-8-3-4-11-10(7-8)9(2)14(13-11)6-5-12(15)16/h3-4,7H,5-6H2,1-2H3,(H,15,16). The summed E-state index contributed by atoms with van der Waals surface area (Å²) in [5, 5.41) is 14.1. The van der Waals surface area contributed by atoms with E-state index in [0.29, 0.717) is 6.54 Å². The van der Waals surface area contributed by atoms with Crippen LogP contribution >= 0.6 is 0 Å². The van der Waals surface area contributed by atoms with E-state index in [9.17, 15) is 4.79 Å². The Balaban J connectivity index is 2.40. The maximum absolute atomic E-state index is 10.5. The minimum Gasteiger partial charge on any atom is -0.481 e. The molecule has 16 heavy (non-hydrogen) atoms. The number of aryl methyl sites for hydroxylation is 3. The van der Waals surface area contributed by atoms with Crippen molar-refractivity contribution in [2.75, 3.05) is 0 Å². The van der Waals surface area contributed by atoms with E-state index in [1.54, 1.807) is 4.68 Å². The first-order valence-electron chi connectivity index (χ1n) is 5.23. The summed E-state index contributed by atoms with van der Waals surface area (Å²) in [5.74, 6) is -0.796. The molecule has 0 spiro atoms. The minimum absolute atomic E-state index is 0.105. The molecule has 0 aliphatic carbocycles. The number of hydrogen-bond donors (Lipinski definition) is 1. The van der Waals surface area contributed by atoms with E-state index < -0.39 is 5.97 Å². The lowest BCUT2D eigenvalue weighted by atomic mass is 10.1. The fourth-order valence-corrected chi connectivity index (χ4v) is 1.79. The number of hydrogen-bond acceptors (Lipinski definition) is 2. The summed E-state index contributed by atoms with van der Waals surface area (Å²) < 4.78 is 1.76. The second-order valence-corrected chi connectivity index (χ2v) is 3.97. The molecule has 0 fully saturated rings. The highest BCUT2D eigenvalue weighted by Crippen LogP contribution is 2.19. The van der Waals surface area contributed by atoms with Gasteiger partial charge in [-0.3, -0.25) is 9.48 Å². The molecule has 0 saturated carbocycles. The zero-order chi connectivity index (χ0) is 11.7. The number of carboxylic acid groups (broad SMARTS) is 1. The van der Waals surface area contributed by atoms with Crippen LogP contribution in [0.5, 0.6) is 0 Å². The van der Waals surface area contributed by atoms with Crippen LogP contribution in [0.25, 0.3) is 10.9 Å². The molecule has 1 heterocycles. The van der Waals surface area contributed by atoms with E-state index in [1.807, 2.05) is 26.0 Å². The second-order valence-electron chi connectivity index (χ2n) is 3.97. The van der Waals surface area contributed by atoms with Gasteiger partial charge in [0, 0.05) is 11.1 Å². The molecule has 0 radical (unpaired) electrons. The Kier molecular flexibility index (Phi) is 2.64. The van der Waals surface area contributed by atoms with Crippen molar-refractivity contribution in [3.63, 3.8) is 0 Å². The molecule has 0 unspecified atom stereocenters. The summed E-state index contributed by atoms with van der Waals surface area (Å²) in [6, 6.07) is 6.06. The fourth-order valence-electron chi connectivity index (χ4n) is 1.79. The maximum Gasteiger partial charge on any atom is 0.305 e. The smallest absolute Gasteiger partial charge is 0.305 e. The van der Waals surface area contributed by atoms with Gasteiger partial charge in [0.15, 0.2) is 0 Å². The van der Waals surface area contributed by atoms with Crippen molar-refractivity contribution in [1.82, 2.24) is 9.78 Å².